The molecule has 3 aromatic rings. The number of hydrogen-bond donors (Lipinski definition) is 4. The van der Waals surface area contributed by atoms with Crippen molar-refractivity contribution in [1.82, 2.24) is 19.5 Å². The first-order valence-electron chi connectivity index (χ1n) is 8.77. The van der Waals surface area contributed by atoms with E-state index in [1.165, 1.54) is 19.8 Å². The average molecular weight is 406 g/mol. The van der Waals surface area contributed by atoms with Gasteiger partial charge in [0.25, 0.3) is 0 Å². The molecule has 0 bridgehead atoms. The molecule has 2 heterocycles. The van der Waals surface area contributed by atoms with Gasteiger partial charge in [-0.15, -0.1) is 0 Å². The minimum Gasteiger partial charge on any atom is -0.390 e. The van der Waals surface area contributed by atoms with Crippen molar-refractivity contribution >= 4 is 28.6 Å². The maximum atomic E-state index is 10.8. The first-order valence-corrected chi connectivity index (χ1v) is 9.15. The number of nitrogens with one attached hydrogen (secondary N) is 1. The monoisotopic (exact) mass is 405 g/mol. The van der Waals surface area contributed by atoms with Gasteiger partial charge in [0.05, 0.1) is 31.7 Å². The molecular formula is C18H20ClN5O4. The van der Waals surface area contributed by atoms with Crippen LogP contribution in [0.5, 0.6) is 0 Å². The van der Waals surface area contributed by atoms with E-state index in [9.17, 15) is 15.3 Å². The van der Waals surface area contributed by atoms with Crippen LogP contribution in [0.3, 0.4) is 0 Å². The van der Waals surface area contributed by atoms with Crippen molar-refractivity contribution in [3.8, 4) is 0 Å². The van der Waals surface area contributed by atoms with Gasteiger partial charge in [-0.25, -0.2) is 20.4 Å². The molecule has 1 saturated carbocycles. The molecule has 0 amide bonds. The Bertz CT molecular complexity index is 966. The summed E-state index contributed by atoms with van der Waals surface area (Å²) in [6.07, 6.45) is 0.110. The van der Waals surface area contributed by atoms with E-state index in [4.69, 9.17) is 16.4 Å². The highest BCUT2D eigenvalue weighted by atomic mass is 35.5. The van der Waals surface area contributed by atoms with Gasteiger partial charge in [0.2, 0.25) is 0 Å². The second kappa shape index (κ2) is 7.61. The van der Waals surface area contributed by atoms with Crippen LogP contribution >= 0.6 is 11.6 Å². The van der Waals surface area contributed by atoms with Gasteiger partial charge >= 0.3 is 0 Å². The molecule has 1 aliphatic carbocycles. The number of fused-ring (bicyclic) bond motifs is 1. The van der Waals surface area contributed by atoms with Gasteiger partial charge in [0.1, 0.15) is 12.4 Å². The molecule has 0 saturated heterocycles. The molecule has 5 atom stereocenters. The number of halogens is 1. The summed E-state index contributed by atoms with van der Waals surface area (Å²) in [7, 11) is 1.46. The molecule has 0 aliphatic heterocycles. The number of imidazole rings is 1. The maximum Gasteiger partial charge on any atom is 0.181 e. The first kappa shape index (κ1) is 19.0. The summed E-state index contributed by atoms with van der Waals surface area (Å²) in [4.78, 5) is 17.5. The van der Waals surface area contributed by atoms with Crippen LogP contribution in [0.2, 0.25) is 5.02 Å². The van der Waals surface area contributed by atoms with Crippen LogP contribution in [0.15, 0.2) is 36.9 Å². The number of aromatic nitrogens is 4. The van der Waals surface area contributed by atoms with E-state index in [2.05, 4.69) is 20.4 Å². The summed E-state index contributed by atoms with van der Waals surface area (Å²) >= 11 is 5.90. The molecule has 4 N–H and O–H groups in total. The van der Waals surface area contributed by atoms with Gasteiger partial charge in [-0.05, 0) is 24.1 Å². The standard InChI is InChI=1S/C18H20ClN5O4/c1-28-23-17-13-18(21-7-20-17)24(8-22-13)12-6-11(15(26)16(12)27)14(25)9-2-4-10(19)5-3-9/h2-5,7-8,11-12,14-16,25-27H,6H2,1H3,(H,20,21,23)/t11?,12-,14-,15-,16+/m1/s1. The predicted octanol–water partition coefficient (Wildman–Crippen LogP) is 1.47. The van der Waals surface area contributed by atoms with Gasteiger partial charge in [0.15, 0.2) is 17.0 Å². The molecule has 1 aliphatic rings. The molecule has 148 valence electrons. The zero-order valence-electron chi connectivity index (χ0n) is 15.0. The lowest BCUT2D eigenvalue weighted by Crippen LogP contribution is -2.31. The van der Waals surface area contributed by atoms with Gasteiger partial charge < -0.3 is 19.9 Å². The summed E-state index contributed by atoms with van der Waals surface area (Å²) in [6, 6.07) is 6.28. The van der Waals surface area contributed by atoms with Crippen molar-refractivity contribution < 1.29 is 20.2 Å². The molecule has 0 radical (unpaired) electrons. The molecular weight excluding hydrogens is 386 g/mol. The van der Waals surface area contributed by atoms with E-state index in [0.717, 1.165) is 0 Å². The van der Waals surface area contributed by atoms with E-state index >= 15 is 0 Å². The molecule has 4 rings (SSSR count). The van der Waals surface area contributed by atoms with Crippen LogP contribution in [0.4, 0.5) is 5.82 Å². The van der Waals surface area contributed by atoms with Crippen LogP contribution in [0.25, 0.3) is 11.2 Å². The first-order chi connectivity index (χ1) is 13.5. The van der Waals surface area contributed by atoms with Crippen LogP contribution in [0.1, 0.15) is 24.1 Å². The van der Waals surface area contributed by atoms with Crippen LogP contribution in [-0.2, 0) is 4.84 Å². The molecule has 1 unspecified atom stereocenters. The number of nitrogens with zero attached hydrogens (tertiary/aromatic N) is 4. The molecule has 0 spiro atoms. The third-order valence-electron chi connectivity index (χ3n) is 5.23. The Morgan fingerprint density at radius 2 is 1.93 bits per heavy atom. The summed E-state index contributed by atoms with van der Waals surface area (Å²) < 4.78 is 1.69. The van der Waals surface area contributed by atoms with Crippen LogP contribution in [-0.4, -0.2) is 54.2 Å². The minimum atomic E-state index is -1.11. The highest BCUT2D eigenvalue weighted by Gasteiger charge is 2.46. The number of anilines is 1. The van der Waals surface area contributed by atoms with E-state index < -0.39 is 30.3 Å². The highest BCUT2D eigenvalue weighted by molar-refractivity contribution is 6.30. The van der Waals surface area contributed by atoms with Gasteiger partial charge in [0, 0.05) is 10.9 Å². The third-order valence-corrected chi connectivity index (χ3v) is 5.48. The largest absolute Gasteiger partial charge is 0.390 e. The Labute approximate surface area is 165 Å². The number of aliphatic hydroxyl groups is 3. The summed E-state index contributed by atoms with van der Waals surface area (Å²) in [5.41, 5.74) is 4.24. The number of benzene rings is 1. The highest BCUT2D eigenvalue weighted by Crippen LogP contribution is 2.43. The van der Waals surface area contributed by atoms with Crippen molar-refractivity contribution in [2.45, 2.75) is 30.8 Å². The third kappa shape index (κ3) is 3.21. The topological polar surface area (TPSA) is 126 Å². The SMILES string of the molecule is CONc1ncnc2c1ncn2[C@@H]1CC([C@H](O)c2ccc(Cl)cc2)[C@@H](O)[C@H]1O. The second-order valence-electron chi connectivity index (χ2n) is 6.80. The van der Waals surface area contributed by atoms with Crippen LogP contribution in [0, 0.1) is 5.92 Å². The fourth-order valence-corrected chi connectivity index (χ4v) is 3.93. The Morgan fingerprint density at radius 1 is 1.18 bits per heavy atom. The normalized spacial score (nSPS) is 25.9. The van der Waals surface area contributed by atoms with Gasteiger partial charge in [-0.1, -0.05) is 23.7 Å². The second-order valence-corrected chi connectivity index (χ2v) is 7.23. The number of hydrogen-bond acceptors (Lipinski definition) is 8. The zero-order chi connectivity index (χ0) is 19.8. The quantitative estimate of drug-likeness (QED) is 0.470. The van der Waals surface area contributed by atoms with Crippen molar-refractivity contribution in [2.24, 2.45) is 5.92 Å². The summed E-state index contributed by atoms with van der Waals surface area (Å²) in [5, 5.41) is 32.6. The summed E-state index contributed by atoms with van der Waals surface area (Å²) in [5.74, 6) is -0.158. The lowest BCUT2D eigenvalue weighted by atomic mass is 9.92. The lowest BCUT2D eigenvalue weighted by molar-refractivity contribution is -0.0264. The minimum absolute atomic E-state index is 0.342. The molecule has 28 heavy (non-hydrogen) atoms. The van der Waals surface area contributed by atoms with E-state index in [-0.39, 0.29) is 0 Å². The van der Waals surface area contributed by atoms with Crippen molar-refractivity contribution in [1.29, 1.82) is 0 Å². The average Bonchev–Trinajstić information content (AvgIpc) is 3.25. The predicted molar refractivity (Wildman–Crippen MR) is 102 cm³/mol. The fourth-order valence-electron chi connectivity index (χ4n) is 3.81. The molecule has 1 aromatic carbocycles. The smallest absolute Gasteiger partial charge is 0.181 e. The Morgan fingerprint density at radius 3 is 2.64 bits per heavy atom. The zero-order valence-corrected chi connectivity index (χ0v) is 15.7. The maximum absolute atomic E-state index is 10.8. The molecule has 9 nitrogen and oxygen atoms in total. The van der Waals surface area contributed by atoms with Crippen molar-refractivity contribution in [3.05, 3.63) is 47.5 Å². The van der Waals surface area contributed by atoms with Gasteiger partial charge in [-0.2, -0.15) is 0 Å². The Balaban J connectivity index is 1.64. The molecule has 10 heteroatoms. The number of rotatable bonds is 5. The van der Waals surface area contributed by atoms with E-state index in [0.29, 0.717) is 34.0 Å². The Kier molecular flexibility index (Phi) is 5.17. The Hall–Kier alpha value is -2.30. The lowest BCUT2D eigenvalue weighted by Gasteiger charge is -2.22. The molecule has 1 fully saturated rings. The van der Waals surface area contributed by atoms with E-state index in [1.54, 1.807) is 28.8 Å². The number of aliphatic hydroxyl groups excluding tert-OH is 3. The summed E-state index contributed by atoms with van der Waals surface area (Å²) in [6.45, 7) is 0. The van der Waals surface area contributed by atoms with Crippen molar-refractivity contribution in [2.75, 3.05) is 12.6 Å². The molecule has 2 aromatic heterocycles. The van der Waals surface area contributed by atoms with Gasteiger partial charge in [-0.3, -0.25) is 4.84 Å². The van der Waals surface area contributed by atoms with Crippen LogP contribution < -0.4 is 5.48 Å². The fraction of sp³-hybridized carbons (Fsp3) is 0.389. The van der Waals surface area contributed by atoms with E-state index in [1.807, 2.05) is 0 Å². The van der Waals surface area contributed by atoms with Crippen molar-refractivity contribution in [3.63, 3.8) is 0 Å².